The van der Waals surface area contributed by atoms with Crippen molar-refractivity contribution in [3.05, 3.63) is 59.7 Å². The van der Waals surface area contributed by atoms with E-state index in [9.17, 15) is 0 Å². The Hall–Kier alpha value is -1.64. The largest absolute Gasteiger partial charge is 0.327 e. The lowest BCUT2D eigenvalue weighted by Gasteiger charge is -2.15. The first kappa shape index (κ1) is 16.7. The Balaban J connectivity index is 2.13. The van der Waals surface area contributed by atoms with Gasteiger partial charge in [0.1, 0.15) is 0 Å². The fourth-order valence-electron chi connectivity index (χ4n) is 2.56. The molecule has 0 radical (unpaired) electrons. The van der Waals surface area contributed by atoms with E-state index in [4.69, 9.17) is 5.73 Å². The molecule has 0 spiro atoms. The van der Waals surface area contributed by atoms with Crippen molar-refractivity contribution in [3.8, 4) is 11.1 Å². The highest BCUT2D eigenvalue weighted by atomic mass is 15.0. The van der Waals surface area contributed by atoms with Crippen molar-refractivity contribution in [3.63, 3.8) is 0 Å². The summed E-state index contributed by atoms with van der Waals surface area (Å²) in [6, 6.07) is 17.8. The van der Waals surface area contributed by atoms with Crippen molar-refractivity contribution in [1.82, 2.24) is 4.90 Å². The molecule has 0 amide bonds. The van der Waals surface area contributed by atoms with Gasteiger partial charge in [0.05, 0.1) is 0 Å². The van der Waals surface area contributed by atoms with Gasteiger partial charge in [-0.3, -0.25) is 0 Å². The fourth-order valence-corrected chi connectivity index (χ4v) is 2.56. The van der Waals surface area contributed by atoms with Gasteiger partial charge >= 0.3 is 0 Å². The van der Waals surface area contributed by atoms with E-state index in [0.29, 0.717) is 5.92 Å². The number of hydrogen-bond donors (Lipinski definition) is 1. The average molecular weight is 296 g/mol. The van der Waals surface area contributed by atoms with E-state index in [0.717, 1.165) is 13.0 Å². The minimum atomic E-state index is 0.231. The average Bonchev–Trinajstić information content (AvgIpc) is 2.47. The predicted molar refractivity (Wildman–Crippen MR) is 95.8 cm³/mol. The zero-order valence-corrected chi connectivity index (χ0v) is 14.2. The van der Waals surface area contributed by atoms with Crippen LogP contribution in [0.1, 0.15) is 25.0 Å². The van der Waals surface area contributed by atoms with E-state index >= 15 is 0 Å². The molecule has 0 saturated heterocycles. The normalized spacial score (nSPS) is 12.9. The highest BCUT2D eigenvalue weighted by Crippen LogP contribution is 2.22. The third kappa shape index (κ3) is 4.69. The van der Waals surface area contributed by atoms with E-state index < -0.39 is 0 Å². The van der Waals surface area contributed by atoms with Crippen LogP contribution in [0.4, 0.5) is 0 Å². The molecule has 0 aliphatic carbocycles. The molecule has 0 aromatic heterocycles. The third-order valence-electron chi connectivity index (χ3n) is 4.04. The van der Waals surface area contributed by atoms with Gasteiger partial charge in [-0.15, -0.1) is 0 Å². The van der Waals surface area contributed by atoms with E-state index in [2.05, 4.69) is 81.4 Å². The van der Waals surface area contributed by atoms with Crippen LogP contribution in [0.3, 0.4) is 0 Å². The summed E-state index contributed by atoms with van der Waals surface area (Å²) < 4.78 is 0. The quantitative estimate of drug-likeness (QED) is 0.875. The van der Waals surface area contributed by atoms with Crippen LogP contribution in [0.2, 0.25) is 0 Å². The maximum absolute atomic E-state index is 6.16. The number of benzene rings is 2. The topological polar surface area (TPSA) is 29.3 Å². The maximum atomic E-state index is 6.16. The Morgan fingerprint density at radius 1 is 0.909 bits per heavy atom. The molecule has 0 bridgehead atoms. The van der Waals surface area contributed by atoms with Gasteiger partial charge in [-0.25, -0.2) is 0 Å². The van der Waals surface area contributed by atoms with Crippen LogP contribution in [0.15, 0.2) is 48.5 Å². The summed E-state index contributed by atoms with van der Waals surface area (Å²) in [5, 5.41) is 0. The van der Waals surface area contributed by atoms with E-state index in [1.807, 2.05) is 0 Å². The molecule has 1 unspecified atom stereocenters. The minimum Gasteiger partial charge on any atom is -0.327 e. The van der Waals surface area contributed by atoms with E-state index in [-0.39, 0.29) is 6.04 Å². The molecule has 2 aromatic rings. The van der Waals surface area contributed by atoms with Crippen molar-refractivity contribution < 1.29 is 0 Å². The molecule has 2 aromatic carbocycles. The summed E-state index contributed by atoms with van der Waals surface area (Å²) in [4.78, 5) is 2.19. The van der Waals surface area contributed by atoms with Crippen LogP contribution in [0.25, 0.3) is 11.1 Å². The Morgan fingerprint density at radius 3 is 2.18 bits per heavy atom. The second-order valence-corrected chi connectivity index (χ2v) is 6.75. The van der Waals surface area contributed by atoms with Crippen LogP contribution in [0.5, 0.6) is 0 Å². The van der Waals surface area contributed by atoms with E-state index in [1.54, 1.807) is 0 Å². The molecule has 2 heteroatoms. The van der Waals surface area contributed by atoms with E-state index in [1.165, 1.54) is 22.3 Å². The molecule has 1 atom stereocenters. The second-order valence-electron chi connectivity index (χ2n) is 6.75. The third-order valence-corrected chi connectivity index (χ3v) is 4.04. The first-order valence-corrected chi connectivity index (χ1v) is 8.04. The van der Waals surface area contributed by atoms with Crippen LogP contribution >= 0.6 is 0 Å². The summed E-state index contributed by atoms with van der Waals surface area (Å²) in [6.07, 6.45) is 0.943. The van der Waals surface area contributed by atoms with Crippen LogP contribution in [0, 0.1) is 5.92 Å². The summed E-state index contributed by atoms with van der Waals surface area (Å²) >= 11 is 0. The first-order chi connectivity index (χ1) is 10.5. The number of nitrogens with zero attached hydrogens (tertiary/aromatic N) is 1. The van der Waals surface area contributed by atoms with Crippen molar-refractivity contribution in [1.29, 1.82) is 0 Å². The van der Waals surface area contributed by atoms with Gasteiger partial charge in [-0.05, 0) is 54.8 Å². The van der Waals surface area contributed by atoms with Gasteiger partial charge < -0.3 is 10.6 Å². The molecule has 0 saturated carbocycles. The molecule has 0 aliphatic heterocycles. The molecule has 0 fully saturated rings. The Kier molecular flexibility index (Phi) is 5.76. The molecule has 118 valence electrons. The van der Waals surface area contributed by atoms with Gasteiger partial charge in [0, 0.05) is 12.6 Å². The summed E-state index contributed by atoms with van der Waals surface area (Å²) in [5.41, 5.74) is 11.4. The molecular weight excluding hydrogens is 268 g/mol. The Labute approximate surface area is 135 Å². The molecular formula is C20H28N2. The van der Waals surface area contributed by atoms with Crippen LogP contribution in [-0.2, 0) is 13.0 Å². The maximum Gasteiger partial charge on any atom is 0.0227 e. The second kappa shape index (κ2) is 7.57. The lowest BCUT2D eigenvalue weighted by atomic mass is 9.95. The lowest BCUT2D eigenvalue weighted by molar-refractivity contribution is 0.402. The zero-order chi connectivity index (χ0) is 16.1. The zero-order valence-electron chi connectivity index (χ0n) is 14.2. The number of nitrogens with two attached hydrogens (primary N) is 1. The Morgan fingerprint density at radius 2 is 1.59 bits per heavy atom. The molecule has 0 aliphatic rings. The summed E-state index contributed by atoms with van der Waals surface area (Å²) in [6.45, 7) is 5.32. The van der Waals surface area contributed by atoms with Gasteiger partial charge in [-0.1, -0.05) is 56.3 Å². The van der Waals surface area contributed by atoms with Crippen LogP contribution < -0.4 is 5.73 Å². The molecule has 2 N–H and O–H groups in total. The molecule has 2 rings (SSSR count). The summed E-state index contributed by atoms with van der Waals surface area (Å²) in [5.74, 6) is 0.516. The molecule has 22 heavy (non-hydrogen) atoms. The van der Waals surface area contributed by atoms with Gasteiger partial charge in [0.25, 0.3) is 0 Å². The predicted octanol–water partition coefficient (Wildman–Crippen LogP) is 3.94. The van der Waals surface area contributed by atoms with Gasteiger partial charge in [0.2, 0.25) is 0 Å². The highest BCUT2D eigenvalue weighted by Gasteiger charge is 2.08. The van der Waals surface area contributed by atoms with Gasteiger partial charge in [0.15, 0.2) is 0 Å². The summed E-state index contributed by atoms with van der Waals surface area (Å²) in [7, 11) is 4.19. The first-order valence-electron chi connectivity index (χ1n) is 8.04. The van der Waals surface area contributed by atoms with Crippen molar-refractivity contribution in [2.24, 2.45) is 11.7 Å². The standard InChI is InChI=1S/C20H28N2/c1-15(2)20(21)13-16-8-10-18(11-9-16)19-7-5-6-17(12-19)14-22(3)4/h5-12,15,20H,13-14,21H2,1-4H3. The minimum absolute atomic E-state index is 0.231. The smallest absolute Gasteiger partial charge is 0.0227 e. The van der Waals surface area contributed by atoms with Crippen LogP contribution in [-0.4, -0.2) is 25.0 Å². The Bertz CT molecular complexity index is 585. The van der Waals surface area contributed by atoms with Gasteiger partial charge in [-0.2, -0.15) is 0 Å². The molecule has 2 nitrogen and oxygen atoms in total. The number of rotatable bonds is 6. The number of hydrogen-bond acceptors (Lipinski definition) is 2. The monoisotopic (exact) mass is 296 g/mol. The van der Waals surface area contributed by atoms with Crippen molar-refractivity contribution in [2.75, 3.05) is 14.1 Å². The van der Waals surface area contributed by atoms with Crippen molar-refractivity contribution in [2.45, 2.75) is 32.9 Å². The fraction of sp³-hybridized carbons (Fsp3) is 0.400. The molecule has 0 heterocycles. The SMILES string of the molecule is CC(C)C(N)Cc1ccc(-c2cccc(CN(C)C)c2)cc1. The lowest BCUT2D eigenvalue weighted by Crippen LogP contribution is -2.28. The highest BCUT2D eigenvalue weighted by molar-refractivity contribution is 5.64. The van der Waals surface area contributed by atoms with Crippen molar-refractivity contribution >= 4 is 0 Å².